The summed E-state index contributed by atoms with van der Waals surface area (Å²) < 4.78 is 11.2. The lowest BCUT2D eigenvalue weighted by molar-refractivity contribution is -0.137. The van der Waals surface area contributed by atoms with Crippen LogP contribution in [-0.4, -0.2) is 30.3 Å². The van der Waals surface area contributed by atoms with Gasteiger partial charge >= 0.3 is 5.97 Å². The Morgan fingerprint density at radius 1 is 1.30 bits per heavy atom. The number of nitrogens with one attached hydrogen (secondary N) is 1. The first-order valence-electron chi connectivity index (χ1n) is 6.17. The number of aliphatic carboxylic acids is 1. The highest BCUT2D eigenvalue weighted by Crippen LogP contribution is 2.39. The van der Waals surface area contributed by atoms with Gasteiger partial charge in [-0.05, 0) is 40.9 Å². The maximum absolute atomic E-state index is 11.9. The summed E-state index contributed by atoms with van der Waals surface area (Å²) in [5.41, 5.74) is 0.472. The lowest BCUT2D eigenvalue weighted by Gasteiger charge is -2.07. The molecule has 1 aromatic carbocycles. The number of carbonyl (C=O) groups excluding carboxylic acids is 1. The van der Waals surface area contributed by atoms with E-state index in [1.807, 2.05) is 0 Å². The Morgan fingerprint density at radius 2 is 2.10 bits per heavy atom. The summed E-state index contributed by atoms with van der Waals surface area (Å²) >= 11 is 3.33. The van der Waals surface area contributed by atoms with Crippen LogP contribution in [0.15, 0.2) is 16.6 Å². The average Bonchev–Trinajstić information content (AvgIpc) is 2.86. The van der Waals surface area contributed by atoms with Crippen LogP contribution in [0.4, 0.5) is 0 Å². The molecule has 1 aliphatic heterocycles. The summed E-state index contributed by atoms with van der Waals surface area (Å²) in [5, 5.41) is 11.2. The summed E-state index contributed by atoms with van der Waals surface area (Å²) in [6, 6.07) is 3.29. The zero-order valence-electron chi connectivity index (χ0n) is 10.6. The van der Waals surface area contributed by atoms with Crippen LogP contribution in [0, 0.1) is 0 Å². The number of fused-ring (bicyclic) bond motifs is 1. The van der Waals surface area contributed by atoms with Gasteiger partial charge in [-0.3, -0.25) is 9.59 Å². The highest BCUT2D eigenvalue weighted by molar-refractivity contribution is 9.10. The minimum absolute atomic E-state index is 0.117. The third-order valence-corrected chi connectivity index (χ3v) is 3.38. The minimum Gasteiger partial charge on any atom is -0.481 e. The second-order valence-electron chi connectivity index (χ2n) is 4.30. The lowest BCUT2D eigenvalue weighted by atomic mass is 10.2. The van der Waals surface area contributed by atoms with Gasteiger partial charge in [0.2, 0.25) is 6.79 Å². The zero-order valence-corrected chi connectivity index (χ0v) is 12.2. The molecule has 1 amide bonds. The predicted molar refractivity (Wildman–Crippen MR) is 74.1 cm³/mol. The third kappa shape index (κ3) is 3.63. The van der Waals surface area contributed by atoms with Crippen molar-refractivity contribution in [2.45, 2.75) is 19.3 Å². The number of carboxylic acid groups (broad SMARTS) is 1. The smallest absolute Gasteiger partial charge is 0.303 e. The van der Waals surface area contributed by atoms with E-state index in [2.05, 4.69) is 21.2 Å². The van der Waals surface area contributed by atoms with E-state index in [-0.39, 0.29) is 19.1 Å². The number of hydrogen-bond donors (Lipinski definition) is 2. The van der Waals surface area contributed by atoms with E-state index < -0.39 is 5.97 Å². The normalized spacial score (nSPS) is 12.2. The lowest BCUT2D eigenvalue weighted by Crippen LogP contribution is -2.24. The summed E-state index contributed by atoms with van der Waals surface area (Å²) in [6.07, 6.45) is 1.29. The maximum atomic E-state index is 11.9. The van der Waals surface area contributed by atoms with Crippen molar-refractivity contribution in [1.82, 2.24) is 5.32 Å². The fraction of sp³-hybridized carbons (Fsp3) is 0.385. The van der Waals surface area contributed by atoms with Gasteiger partial charge < -0.3 is 19.9 Å². The Bertz CT molecular complexity index is 532. The first-order valence-corrected chi connectivity index (χ1v) is 6.96. The van der Waals surface area contributed by atoms with E-state index >= 15 is 0 Å². The van der Waals surface area contributed by atoms with Crippen LogP contribution < -0.4 is 14.8 Å². The molecule has 1 aliphatic rings. The van der Waals surface area contributed by atoms with E-state index in [0.717, 1.165) is 0 Å². The third-order valence-electron chi connectivity index (χ3n) is 2.79. The molecule has 1 aromatic rings. The highest BCUT2D eigenvalue weighted by Gasteiger charge is 2.20. The average molecular weight is 344 g/mol. The van der Waals surface area contributed by atoms with Crippen LogP contribution >= 0.6 is 15.9 Å². The Hall–Kier alpha value is -1.76. The van der Waals surface area contributed by atoms with Crippen molar-refractivity contribution in [3.05, 3.63) is 22.2 Å². The summed E-state index contributed by atoms with van der Waals surface area (Å²) in [6.45, 7) is 0.590. The number of benzene rings is 1. The number of carbonyl (C=O) groups is 2. The molecule has 1 heterocycles. The van der Waals surface area contributed by atoms with Crippen LogP contribution in [0.25, 0.3) is 0 Å². The van der Waals surface area contributed by atoms with Crippen LogP contribution in [0.1, 0.15) is 29.6 Å². The van der Waals surface area contributed by atoms with Gasteiger partial charge in [-0.1, -0.05) is 0 Å². The summed E-state index contributed by atoms with van der Waals surface area (Å²) in [4.78, 5) is 22.3. The van der Waals surface area contributed by atoms with Crippen molar-refractivity contribution in [2.75, 3.05) is 13.3 Å². The Morgan fingerprint density at radius 3 is 2.85 bits per heavy atom. The van der Waals surface area contributed by atoms with E-state index in [1.54, 1.807) is 12.1 Å². The first-order chi connectivity index (χ1) is 9.58. The fourth-order valence-electron chi connectivity index (χ4n) is 1.80. The standard InChI is InChI=1S/C13H14BrNO5/c14-9-5-8(6-10-12(9)20-7-19-10)13(18)15-4-2-1-3-11(16)17/h5-6H,1-4,7H2,(H,15,18)(H,16,17). The van der Waals surface area contributed by atoms with E-state index in [9.17, 15) is 9.59 Å². The first kappa shape index (κ1) is 14.6. The SMILES string of the molecule is O=C(O)CCCCNC(=O)c1cc(Br)c2c(c1)OCO2. The highest BCUT2D eigenvalue weighted by atomic mass is 79.9. The van der Waals surface area contributed by atoms with E-state index in [4.69, 9.17) is 14.6 Å². The molecule has 2 rings (SSSR count). The number of unbranched alkanes of at least 4 members (excludes halogenated alkanes) is 1. The number of rotatable bonds is 6. The molecule has 7 heteroatoms. The number of halogens is 1. The Kier molecular flexibility index (Phi) is 4.84. The van der Waals surface area contributed by atoms with Gasteiger partial charge in [-0.25, -0.2) is 0 Å². The molecule has 0 saturated carbocycles. The second kappa shape index (κ2) is 6.60. The largest absolute Gasteiger partial charge is 0.481 e. The molecule has 0 aromatic heterocycles. The van der Waals surface area contributed by atoms with Crippen molar-refractivity contribution >= 4 is 27.8 Å². The minimum atomic E-state index is -0.823. The van der Waals surface area contributed by atoms with Crippen molar-refractivity contribution in [3.8, 4) is 11.5 Å². The predicted octanol–water partition coefficient (Wildman–Crippen LogP) is 2.16. The fourth-order valence-corrected chi connectivity index (χ4v) is 2.36. The molecule has 0 fully saturated rings. The molecular weight excluding hydrogens is 330 g/mol. The van der Waals surface area contributed by atoms with Gasteiger partial charge in [0.25, 0.3) is 5.91 Å². The molecule has 20 heavy (non-hydrogen) atoms. The molecule has 0 bridgehead atoms. The monoisotopic (exact) mass is 343 g/mol. The molecule has 0 unspecified atom stereocenters. The molecule has 0 atom stereocenters. The van der Waals surface area contributed by atoms with Gasteiger partial charge in [0.1, 0.15) is 0 Å². The Balaban J connectivity index is 1.87. The molecule has 0 radical (unpaired) electrons. The van der Waals surface area contributed by atoms with Crippen molar-refractivity contribution in [1.29, 1.82) is 0 Å². The van der Waals surface area contributed by atoms with E-state index in [0.29, 0.717) is 40.9 Å². The van der Waals surface area contributed by atoms with Gasteiger partial charge in [-0.2, -0.15) is 0 Å². The number of amides is 1. The van der Waals surface area contributed by atoms with Crippen LogP contribution in [0.5, 0.6) is 11.5 Å². The van der Waals surface area contributed by atoms with Crippen molar-refractivity contribution in [2.24, 2.45) is 0 Å². The van der Waals surface area contributed by atoms with Gasteiger partial charge in [0.05, 0.1) is 4.47 Å². The van der Waals surface area contributed by atoms with Crippen LogP contribution in [0.2, 0.25) is 0 Å². The van der Waals surface area contributed by atoms with Gasteiger partial charge in [0.15, 0.2) is 11.5 Å². The molecule has 0 spiro atoms. The number of ether oxygens (including phenoxy) is 2. The maximum Gasteiger partial charge on any atom is 0.303 e. The molecule has 0 saturated heterocycles. The Labute approximate surface area is 124 Å². The summed E-state index contributed by atoms with van der Waals surface area (Å²) in [5.74, 6) is 0.0914. The van der Waals surface area contributed by atoms with Crippen molar-refractivity contribution in [3.63, 3.8) is 0 Å². The van der Waals surface area contributed by atoms with Crippen molar-refractivity contribution < 1.29 is 24.2 Å². The quantitative estimate of drug-likeness (QED) is 0.773. The topological polar surface area (TPSA) is 84.9 Å². The molecular formula is C13H14BrNO5. The molecule has 2 N–H and O–H groups in total. The van der Waals surface area contributed by atoms with Gasteiger partial charge in [-0.15, -0.1) is 0 Å². The molecule has 6 nitrogen and oxygen atoms in total. The molecule has 108 valence electrons. The van der Waals surface area contributed by atoms with Gasteiger partial charge in [0, 0.05) is 18.5 Å². The zero-order chi connectivity index (χ0) is 14.5. The number of carboxylic acids is 1. The summed E-state index contributed by atoms with van der Waals surface area (Å²) in [7, 11) is 0. The molecule has 0 aliphatic carbocycles. The van der Waals surface area contributed by atoms with Crippen LogP contribution in [-0.2, 0) is 4.79 Å². The number of hydrogen-bond acceptors (Lipinski definition) is 4. The van der Waals surface area contributed by atoms with Crippen LogP contribution in [0.3, 0.4) is 0 Å². The van der Waals surface area contributed by atoms with E-state index in [1.165, 1.54) is 0 Å². The second-order valence-corrected chi connectivity index (χ2v) is 5.15.